The number of aromatic nitrogens is 4. The van der Waals surface area contributed by atoms with Crippen molar-refractivity contribution in [2.24, 2.45) is 0 Å². The van der Waals surface area contributed by atoms with E-state index in [0.717, 1.165) is 12.8 Å². The van der Waals surface area contributed by atoms with Gasteiger partial charge in [0.2, 0.25) is 0 Å². The number of aliphatic hydroxyl groups is 2. The van der Waals surface area contributed by atoms with Crippen molar-refractivity contribution in [3.8, 4) is 0 Å². The summed E-state index contributed by atoms with van der Waals surface area (Å²) < 4.78 is 26.6. The van der Waals surface area contributed by atoms with Crippen LogP contribution >= 0.6 is 19.6 Å². The van der Waals surface area contributed by atoms with E-state index in [4.69, 9.17) is 20.9 Å². The lowest BCUT2D eigenvalue weighted by molar-refractivity contribution is -0.0675. The van der Waals surface area contributed by atoms with Crippen LogP contribution in [0.25, 0.3) is 11.2 Å². The highest BCUT2D eigenvalue weighted by Gasteiger charge is 2.48. The van der Waals surface area contributed by atoms with Gasteiger partial charge in [-0.15, -0.1) is 0 Å². The Morgan fingerprint density at radius 2 is 1.87 bits per heavy atom. The van der Waals surface area contributed by atoms with Gasteiger partial charge in [0.05, 0.1) is 18.0 Å². The summed E-state index contributed by atoms with van der Waals surface area (Å²) in [7, 11) is -2.27. The SMILES string of the molecule is CCC(CC)[PH](=O)OC(CC)(CC)C[C@H]1OC(n2cnc3c(Cl)ncnc32)[C@H](O)[C@@H]1O. The quantitative estimate of drug-likeness (QED) is 0.395. The standard InChI is InChI=1S/C20H32ClN4O5P/c1-5-12(6-2)31(28)30-20(7-3,8-4)9-13-15(26)16(27)19(29-13)25-11-24-14-17(21)22-10-23-18(14)25/h10-13,15-16,19,26-27,31H,5-9H2,1-4H3/t13-,15-,16-,19?/m1/s1. The van der Waals surface area contributed by atoms with E-state index in [9.17, 15) is 14.8 Å². The van der Waals surface area contributed by atoms with Gasteiger partial charge in [0.25, 0.3) is 0 Å². The van der Waals surface area contributed by atoms with E-state index >= 15 is 0 Å². The molecule has 9 nitrogen and oxygen atoms in total. The zero-order valence-electron chi connectivity index (χ0n) is 18.4. The number of rotatable bonds is 10. The molecule has 1 aliphatic rings. The fourth-order valence-electron chi connectivity index (χ4n) is 4.15. The molecule has 5 atom stereocenters. The average molecular weight is 475 g/mol. The molecule has 0 aromatic carbocycles. The number of halogens is 1. The lowest BCUT2D eigenvalue weighted by Crippen LogP contribution is -2.39. The number of nitrogens with zero attached hydrogens (tertiary/aromatic N) is 4. The van der Waals surface area contributed by atoms with Gasteiger partial charge in [0.15, 0.2) is 25.1 Å². The summed E-state index contributed by atoms with van der Waals surface area (Å²) in [6.07, 6.45) is 1.96. The van der Waals surface area contributed by atoms with Crippen LogP contribution < -0.4 is 0 Å². The van der Waals surface area contributed by atoms with Crippen LogP contribution in [0.2, 0.25) is 5.15 Å². The number of fused-ring (bicyclic) bond motifs is 1. The predicted molar refractivity (Wildman–Crippen MR) is 119 cm³/mol. The summed E-state index contributed by atoms with van der Waals surface area (Å²) in [6, 6.07) is 0. The first kappa shape index (κ1) is 24.6. The first-order valence-electron chi connectivity index (χ1n) is 10.9. The van der Waals surface area contributed by atoms with Gasteiger partial charge in [-0.3, -0.25) is 9.13 Å². The molecule has 2 unspecified atom stereocenters. The van der Waals surface area contributed by atoms with E-state index in [-0.39, 0.29) is 10.8 Å². The Kier molecular flexibility index (Phi) is 8.10. The first-order valence-corrected chi connectivity index (χ1v) is 12.6. The molecule has 0 spiro atoms. The molecule has 0 bridgehead atoms. The van der Waals surface area contributed by atoms with Crippen molar-refractivity contribution < 1.29 is 24.0 Å². The van der Waals surface area contributed by atoms with Crippen LogP contribution in [0.5, 0.6) is 0 Å². The molecule has 0 aliphatic carbocycles. The van der Waals surface area contributed by atoms with E-state index in [2.05, 4.69) is 15.0 Å². The van der Waals surface area contributed by atoms with Crippen molar-refractivity contribution in [2.75, 3.05) is 0 Å². The van der Waals surface area contributed by atoms with Crippen molar-refractivity contribution in [3.63, 3.8) is 0 Å². The van der Waals surface area contributed by atoms with Crippen LogP contribution in [0.1, 0.15) is 66.0 Å². The third-order valence-electron chi connectivity index (χ3n) is 6.42. The summed E-state index contributed by atoms with van der Waals surface area (Å²) in [4.78, 5) is 12.3. The number of hydrogen-bond donors (Lipinski definition) is 2. The maximum Gasteiger partial charge on any atom is 0.195 e. The van der Waals surface area contributed by atoms with Gasteiger partial charge in [0, 0.05) is 12.1 Å². The van der Waals surface area contributed by atoms with Crippen molar-refractivity contribution in [1.82, 2.24) is 19.5 Å². The maximum atomic E-state index is 12.9. The lowest BCUT2D eigenvalue weighted by atomic mass is 9.88. The molecule has 0 amide bonds. The Morgan fingerprint density at radius 1 is 1.19 bits per heavy atom. The van der Waals surface area contributed by atoms with Crippen molar-refractivity contribution >= 4 is 30.8 Å². The zero-order valence-corrected chi connectivity index (χ0v) is 20.1. The van der Waals surface area contributed by atoms with Crippen LogP contribution in [-0.4, -0.2) is 59.3 Å². The Bertz CT molecular complexity index is 905. The van der Waals surface area contributed by atoms with E-state index < -0.39 is 38.2 Å². The highest BCUT2D eigenvalue weighted by Crippen LogP contribution is 2.45. The van der Waals surface area contributed by atoms with Crippen molar-refractivity contribution in [2.45, 2.75) is 95.6 Å². The van der Waals surface area contributed by atoms with Crippen molar-refractivity contribution in [1.29, 1.82) is 0 Å². The Balaban J connectivity index is 1.82. The number of imidazole rings is 1. The third-order valence-corrected chi connectivity index (χ3v) is 8.82. The van der Waals surface area contributed by atoms with Gasteiger partial charge in [0.1, 0.15) is 24.1 Å². The molecule has 0 radical (unpaired) electrons. The number of hydrogen-bond acceptors (Lipinski definition) is 8. The van der Waals surface area contributed by atoms with E-state index in [1.54, 1.807) is 4.57 Å². The van der Waals surface area contributed by atoms with E-state index in [1.165, 1.54) is 12.7 Å². The summed E-state index contributed by atoms with van der Waals surface area (Å²) in [5.41, 5.74) is 0.115. The molecule has 2 N–H and O–H groups in total. The molecule has 31 heavy (non-hydrogen) atoms. The molecule has 2 aromatic rings. The smallest absolute Gasteiger partial charge is 0.195 e. The number of aliphatic hydroxyl groups excluding tert-OH is 2. The normalized spacial score (nSPS) is 25.5. The highest BCUT2D eigenvalue weighted by molar-refractivity contribution is 7.40. The molecule has 3 rings (SSSR count). The Hall–Kier alpha value is -1.09. The largest absolute Gasteiger partial charge is 0.388 e. The van der Waals surface area contributed by atoms with Crippen molar-refractivity contribution in [3.05, 3.63) is 17.8 Å². The summed E-state index contributed by atoms with van der Waals surface area (Å²) >= 11 is 6.07. The minimum Gasteiger partial charge on any atom is -0.388 e. The van der Waals surface area contributed by atoms with Crippen LogP contribution in [0.4, 0.5) is 0 Å². The number of ether oxygens (including phenoxy) is 1. The third kappa shape index (κ3) is 4.82. The van der Waals surface area contributed by atoms with Crippen LogP contribution in [0.15, 0.2) is 12.7 Å². The highest BCUT2D eigenvalue weighted by atomic mass is 35.5. The van der Waals surface area contributed by atoms with Crippen LogP contribution in [0, 0.1) is 0 Å². The minimum atomic E-state index is -2.27. The Labute approximate surface area is 188 Å². The lowest BCUT2D eigenvalue weighted by Gasteiger charge is -2.35. The molecule has 2 aromatic heterocycles. The molecule has 1 fully saturated rings. The maximum absolute atomic E-state index is 12.9. The fourth-order valence-corrected chi connectivity index (χ4v) is 5.96. The molecule has 3 heterocycles. The van der Waals surface area contributed by atoms with E-state index in [1.807, 2.05) is 27.7 Å². The monoisotopic (exact) mass is 474 g/mol. The molecule has 1 saturated heterocycles. The zero-order chi connectivity index (χ0) is 22.8. The molecular weight excluding hydrogens is 443 g/mol. The molecule has 0 saturated carbocycles. The molecule has 1 aliphatic heterocycles. The first-order chi connectivity index (χ1) is 14.8. The van der Waals surface area contributed by atoms with Gasteiger partial charge in [-0.1, -0.05) is 39.3 Å². The average Bonchev–Trinajstić information content (AvgIpc) is 3.31. The second-order valence-electron chi connectivity index (χ2n) is 8.06. The minimum absolute atomic E-state index is 0.0250. The summed E-state index contributed by atoms with van der Waals surface area (Å²) in [5.74, 6) is 0. The second kappa shape index (κ2) is 10.2. The van der Waals surface area contributed by atoms with Gasteiger partial charge < -0.3 is 19.5 Å². The summed E-state index contributed by atoms with van der Waals surface area (Å²) in [6.45, 7) is 7.97. The van der Waals surface area contributed by atoms with Gasteiger partial charge >= 0.3 is 0 Å². The van der Waals surface area contributed by atoms with Crippen LogP contribution in [-0.2, 0) is 13.8 Å². The summed E-state index contributed by atoms with van der Waals surface area (Å²) in [5, 5.41) is 21.7. The molecule has 11 heteroatoms. The van der Waals surface area contributed by atoms with Gasteiger partial charge in [-0.25, -0.2) is 15.0 Å². The van der Waals surface area contributed by atoms with Crippen LogP contribution in [0.3, 0.4) is 0 Å². The second-order valence-corrected chi connectivity index (χ2v) is 10.1. The molecule has 174 valence electrons. The topological polar surface area (TPSA) is 120 Å². The van der Waals surface area contributed by atoms with Gasteiger partial charge in [-0.05, 0) is 25.7 Å². The Morgan fingerprint density at radius 3 is 2.48 bits per heavy atom. The fraction of sp³-hybridized carbons (Fsp3) is 0.750. The van der Waals surface area contributed by atoms with Gasteiger partial charge in [-0.2, -0.15) is 0 Å². The predicted octanol–water partition coefficient (Wildman–Crippen LogP) is 3.73. The molecular formula is C20H32ClN4O5P. The van der Waals surface area contributed by atoms with E-state index in [0.29, 0.717) is 30.4 Å².